The summed E-state index contributed by atoms with van der Waals surface area (Å²) in [4.78, 5) is 27.7. The van der Waals surface area contributed by atoms with Crippen molar-refractivity contribution in [2.24, 2.45) is 0 Å². The van der Waals surface area contributed by atoms with Crippen molar-refractivity contribution in [1.29, 1.82) is 0 Å². The zero-order valence-electron chi connectivity index (χ0n) is 23.2. The van der Waals surface area contributed by atoms with E-state index in [-0.39, 0.29) is 10.9 Å². The quantitative estimate of drug-likeness (QED) is 0.155. The Morgan fingerprint density at radius 1 is 0.341 bits per heavy atom. The second-order valence-corrected chi connectivity index (χ2v) is 13.7. The molecule has 0 spiro atoms. The summed E-state index contributed by atoms with van der Waals surface area (Å²) in [6.45, 7) is 0. The summed E-state index contributed by atoms with van der Waals surface area (Å²) in [7, 11) is -2.51. The normalized spacial score (nSPS) is 12.4. The summed E-state index contributed by atoms with van der Waals surface area (Å²) >= 11 is 0. The molecule has 210 valence electrons. The largest absolute Gasteiger partial charge is 0.288 e. The van der Waals surface area contributed by atoms with Crippen LogP contribution in [-0.4, -0.2) is 9.11 Å². The fourth-order valence-corrected chi connectivity index (χ4v) is 8.71. The van der Waals surface area contributed by atoms with Gasteiger partial charge in [-0.1, -0.05) is 60.7 Å². The van der Waals surface area contributed by atoms with Crippen molar-refractivity contribution in [3.05, 3.63) is 154 Å². The topological polar surface area (TPSA) is 74.6 Å². The van der Waals surface area contributed by atoms with Crippen LogP contribution in [0.2, 0.25) is 0 Å². The summed E-state index contributed by atoms with van der Waals surface area (Å²) < 4.78 is 25.0. The van der Waals surface area contributed by atoms with E-state index in [0.717, 1.165) is 33.4 Å². The van der Waals surface area contributed by atoms with E-state index < -0.39 is 21.5 Å². The van der Waals surface area contributed by atoms with Crippen molar-refractivity contribution in [3.63, 3.8) is 0 Å². The van der Waals surface area contributed by atoms with Gasteiger partial charge in [-0.05, 0) is 81.9 Å². The van der Waals surface area contributed by atoms with Gasteiger partial charge in [-0.25, -0.2) is 0 Å². The van der Waals surface area contributed by atoms with E-state index in [9.17, 15) is 18.7 Å². The van der Waals surface area contributed by atoms with Crippen molar-refractivity contribution in [3.8, 4) is 33.4 Å². The van der Waals surface area contributed by atoms with Crippen molar-refractivity contribution in [2.75, 3.05) is 0 Å². The molecule has 8 rings (SSSR count). The van der Waals surface area contributed by atoms with Gasteiger partial charge in [-0.2, -0.15) is 9.11 Å². The minimum atomic E-state index is -1.25. The molecule has 0 amide bonds. The van der Waals surface area contributed by atoms with Crippen LogP contribution in [0.3, 0.4) is 0 Å². The Labute approximate surface area is 257 Å². The molecule has 8 aromatic rings. The number of fused-ring (bicyclic) bond motifs is 4. The molecular formula is C38H24O4S2+2. The molecule has 4 nitrogen and oxygen atoms in total. The van der Waals surface area contributed by atoms with Gasteiger partial charge in [-0.15, -0.1) is 0 Å². The van der Waals surface area contributed by atoms with E-state index in [4.69, 9.17) is 0 Å². The zero-order valence-corrected chi connectivity index (χ0v) is 24.9. The maximum Gasteiger partial charge on any atom is 0.221 e. The lowest BCUT2D eigenvalue weighted by Gasteiger charge is -2.06. The number of benzene rings is 6. The van der Waals surface area contributed by atoms with Crippen LogP contribution in [0.15, 0.2) is 143 Å². The lowest BCUT2D eigenvalue weighted by molar-refractivity contribution is 0.645. The van der Waals surface area contributed by atoms with Crippen LogP contribution in [0.4, 0.5) is 0 Å². The highest BCUT2D eigenvalue weighted by Gasteiger charge is 2.23. The first kappa shape index (κ1) is 26.6. The molecular weight excluding hydrogens is 585 g/mol. The van der Waals surface area contributed by atoms with Crippen molar-refractivity contribution in [2.45, 2.75) is 0 Å². The molecule has 2 atom stereocenters. The van der Waals surface area contributed by atoms with Crippen LogP contribution >= 0.6 is 21.5 Å². The lowest BCUT2D eigenvalue weighted by atomic mass is 10.0. The number of rotatable bonds is 3. The second kappa shape index (κ2) is 10.3. The first-order chi connectivity index (χ1) is 21.5. The van der Waals surface area contributed by atoms with Crippen molar-refractivity contribution in [1.82, 2.24) is 0 Å². The standard InChI is InChI=1S/C38H24O4S2/c39-37-29-19-25(23-7-3-1-4-8-23)11-15-33(29)43(41)35-17-13-27(21-31(35)37)28-14-18-36-32(22-28)38(40)30-20-26(12-16-34(30)44(36)42)24-9-5-2-6-10-24/h1-22,41-42H/q+2. The van der Waals surface area contributed by atoms with Gasteiger partial charge in [0, 0.05) is 24.3 Å². The van der Waals surface area contributed by atoms with Gasteiger partial charge in [0.2, 0.25) is 29.7 Å². The second-order valence-electron chi connectivity index (χ2n) is 10.8. The van der Waals surface area contributed by atoms with Gasteiger partial charge >= 0.3 is 0 Å². The Balaban J connectivity index is 1.30. The molecule has 0 aliphatic carbocycles. The molecule has 6 aromatic carbocycles. The first-order valence-electron chi connectivity index (χ1n) is 14.1. The van der Waals surface area contributed by atoms with Crippen LogP contribution < -0.4 is 10.9 Å². The van der Waals surface area contributed by atoms with Gasteiger partial charge in [-0.3, -0.25) is 9.59 Å². The third-order valence-corrected chi connectivity index (χ3v) is 11.4. The maximum atomic E-state index is 13.8. The van der Waals surface area contributed by atoms with E-state index in [1.165, 1.54) is 0 Å². The molecule has 2 unspecified atom stereocenters. The first-order valence-corrected chi connectivity index (χ1v) is 16.5. The fraction of sp³-hybridized carbons (Fsp3) is 0. The van der Waals surface area contributed by atoms with Gasteiger partial charge in [0.25, 0.3) is 0 Å². The molecule has 2 heterocycles. The molecule has 2 N–H and O–H groups in total. The van der Waals surface area contributed by atoms with Crippen LogP contribution in [0, 0.1) is 0 Å². The molecule has 0 saturated heterocycles. The van der Waals surface area contributed by atoms with Crippen molar-refractivity contribution < 1.29 is 9.11 Å². The van der Waals surface area contributed by atoms with E-state index >= 15 is 0 Å². The smallest absolute Gasteiger partial charge is 0.221 e. The van der Waals surface area contributed by atoms with E-state index in [0.29, 0.717) is 40.3 Å². The monoisotopic (exact) mass is 608 g/mol. The SMILES string of the molecule is O=c1c2cc(-c3ccccc3)ccc2[s+](O)c2ccc(-c3ccc4c(c3)c(=O)c3cc(-c5ccccc5)ccc3[s+]4O)cc12. The average molecular weight is 609 g/mol. The summed E-state index contributed by atoms with van der Waals surface area (Å²) in [5, 5.41) is 1.90. The third kappa shape index (κ3) is 4.19. The maximum absolute atomic E-state index is 13.8. The Morgan fingerprint density at radius 3 is 0.909 bits per heavy atom. The molecule has 44 heavy (non-hydrogen) atoms. The number of hydrogen-bond acceptors (Lipinski definition) is 4. The average Bonchev–Trinajstić information content (AvgIpc) is 3.09. The van der Waals surface area contributed by atoms with E-state index in [1.807, 2.05) is 109 Å². The Hall–Kier alpha value is -4.98. The Morgan fingerprint density at radius 2 is 0.614 bits per heavy atom. The highest BCUT2D eigenvalue weighted by Crippen LogP contribution is 2.39. The summed E-state index contributed by atoms with van der Waals surface area (Å²) in [5.74, 6) is 0. The molecule has 2 aromatic heterocycles. The predicted octanol–water partition coefficient (Wildman–Crippen LogP) is 9.79. The molecule has 0 bridgehead atoms. The zero-order chi connectivity index (χ0) is 29.9. The molecule has 6 heteroatoms. The van der Waals surface area contributed by atoms with Gasteiger partial charge in [0.05, 0.1) is 21.5 Å². The molecule has 0 fully saturated rings. The summed E-state index contributed by atoms with van der Waals surface area (Å²) in [5.41, 5.74) is 5.07. The molecule has 0 aliphatic heterocycles. The highest BCUT2D eigenvalue weighted by atomic mass is 32.2. The van der Waals surface area contributed by atoms with Gasteiger partial charge in [0.1, 0.15) is 0 Å². The lowest BCUT2D eigenvalue weighted by Crippen LogP contribution is -2.04. The van der Waals surface area contributed by atoms with Gasteiger partial charge < -0.3 is 0 Å². The minimum absolute atomic E-state index is 0.138. The third-order valence-electron chi connectivity index (χ3n) is 8.28. The summed E-state index contributed by atoms with van der Waals surface area (Å²) in [6.07, 6.45) is 0. The van der Waals surface area contributed by atoms with Crippen LogP contribution in [0.25, 0.3) is 73.7 Å². The fourth-order valence-electron chi connectivity index (χ4n) is 6.01. The van der Waals surface area contributed by atoms with Crippen LogP contribution in [0.1, 0.15) is 0 Å². The van der Waals surface area contributed by atoms with E-state index in [2.05, 4.69) is 0 Å². The Bertz CT molecular complexity index is 2370. The summed E-state index contributed by atoms with van der Waals surface area (Å²) in [6, 6.07) is 42.0. The van der Waals surface area contributed by atoms with Crippen molar-refractivity contribution >= 4 is 61.8 Å². The molecule has 0 saturated carbocycles. The molecule has 0 radical (unpaired) electrons. The highest BCUT2D eigenvalue weighted by molar-refractivity contribution is 7.37. The van der Waals surface area contributed by atoms with E-state index in [1.54, 1.807) is 24.3 Å². The van der Waals surface area contributed by atoms with Crippen LogP contribution in [0.5, 0.6) is 0 Å². The van der Waals surface area contributed by atoms with Crippen LogP contribution in [-0.2, 0) is 0 Å². The minimum Gasteiger partial charge on any atom is -0.288 e. The predicted molar refractivity (Wildman–Crippen MR) is 185 cm³/mol. The van der Waals surface area contributed by atoms with Gasteiger partial charge in [0.15, 0.2) is 21.5 Å². The number of hydrogen-bond donors (Lipinski definition) is 2. The molecule has 0 aliphatic rings. The Kier molecular flexibility index (Phi) is 6.25.